The van der Waals surface area contributed by atoms with Gasteiger partial charge in [0.15, 0.2) is 11.5 Å². The van der Waals surface area contributed by atoms with Crippen molar-refractivity contribution in [3.63, 3.8) is 0 Å². The molecule has 2 N–H and O–H groups in total. The molecule has 0 amide bonds. The maximum absolute atomic E-state index is 9.21. The Morgan fingerprint density at radius 2 is 1.94 bits per heavy atom. The molecule has 0 aliphatic carbocycles. The first-order valence-electron chi connectivity index (χ1n) is 5.68. The van der Waals surface area contributed by atoms with Gasteiger partial charge in [0, 0.05) is 0 Å². The van der Waals surface area contributed by atoms with E-state index in [1.54, 1.807) is 7.11 Å². The molecule has 0 saturated heterocycles. The number of aliphatic hydroxyl groups excluding tert-OH is 2. The lowest BCUT2D eigenvalue weighted by atomic mass is 10.0. The van der Waals surface area contributed by atoms with E-state index in [0.717, 1.165) is 5.56 Å². The zero-order valence-corrected chi connectivity index (χ0v) is 10.5. The van der Waals surface area contributed by atoms with Crippen LogP contribution in [0.1, 0.15) is 25.3 Å². The first-order valence-corrected chi connectivity index (χ1v) is 5.68. The molecule has 1 aromatic rings. The molecule has 1 rings (SSSR count). The van der Waals surface area contributed by atoms with Crippen molar-refractivity contribution >= 4 is 0 Å². The van der Waals surface area contributed by atoms with Crippen molar-refractivity contribution in [2.75, 3.05) is 20.3 Å². The number of aliphatic hydroxyl groups is 2. The van der Waals surface area contributed by atoms with E-state index in [0.29, 0.717) is 17.4 Å². The predicted molar refractivity (Wildman–Crippen MR) is 65.7 cm³/mol. The molecule has 17 heavy (non-hydrogen) atoms. The van der Waals surface area contributed by atoms with Gasteiger partial charge < -0.3 is 19.7 Å². The molecule has 4 nitrogen and oxygen atoms in total. The highest BCUT2D eigenvalue weighted by Gasteiger charge is 2.10. The van der Waals surface area contributed by atoms with Crippen LogP contribution < -0.4 is 9.47 Å². The van der Waals surface area contributed by atoms with Gasteiger partial charge in [-0.3, -0.25) is 0 Å². The monoisotopic (exact) mass is 240 g/mol. The van der Waals surface area contributed by atoms with Gasteiger partial charge in [-0.1, -0.05) is 19.9 Å². The number of methoxy groups -OCH3 is 1. The molecule has 0 saturated carbocycles. The van der Waals surface area contributed by atoms with E-state index in [1.807, 2.05) is 18.2 Å². The average Bonchev–Trinajstić information content (AvgIpc) is 2.35. The van der Waals surface area contributed by atoms with Crippen LogP contribution in [0.5, 0.6) is 11.5 Å². The smallest absolute Gasteiger partial charge is 0.161 e. The summed E-state index contributed by atoms with van der Waals surface area (Å²) in [4.78, 5) is 0. The molecule has 4 heteroatoms. The molecule has 0 radical (unpaired) electrons. The third-order valence-corrected chi connectivity index (χ3v) is 2.50. The van der Waals surface area contributed by atoms with Crippen LogP contribution in [0.4, 0.5) is 0 Å². The summed E-state index contributed by atoms with van der Waals surface area (Å²) in [6, 6.07) is 5.71. The first-order chi connectivity index (χ1) is 8.08. The molecule has 0 heterocycles. The fourth-order valence-electron chi connectivity index (χ4n) is 1.40. The van der Waals surface area contributed by atoms with Crippen LogP contribution in [0.3, 0.4) is 0 Å². The normalized spacial score (nSPS) is 12.6. The number of rotatable bonds is 6. The topological polar surface area (TPSA) is 58.9 Å². The van der Waals surface area contributed by atoms with Crippen molar-refractivity contribution in [1.82, 2.24) is 0 Å². The number of hydrogen-bond acceptors (Lipinski definition) is 4. The summed E-state index contributed by atoms with van der Waals surface area (Å²) in [6.45, 7) is 3.94. The van der Waals surface area contributed by atoms with Crippen molar-refractivity contribution in [2.45, 2.75) is 25.9 Å². The zero-order chi connectivity index (χ0) is 12.8. The third-order valence-electron chi connectivity index (χ3n) is 2.50. The Hall–Kier alpha value is -1.26. The van der Waals surface area contributed by atoms with Crippen LogP contribution in [0.2, 0.25) is 0 Å². The minimum absolute atomic E-state index is 0.0495. The van der Waals surface area contributed by atoms with Crippen LogP contribution >= 0.6 is 0 Å². The van der Waals surface area contributed by atoms with Crippen molar-refractivity contribution in [3.05, 3.63) is 23.8 Å². The van der Waals surface area contributed by atoms with Crippen LogP contribution in [0.15, 0.2) is 18.2 Å². The highest BCUT2D eigenvalue weighted by atomic mass is 16.5. The van der Waals surface area contributed by atoms with Gasteiger partial charge in [0.25, 0.3) is 0 Å². The van der Waals surface area contributed by atoms with E-state index >= 15 is 0 Å². The minimum atomic E-state index is -0.871. The second kappa shape index (κ2) is 6.47. The third kappa shape index (κ3) is 3.91. The Labute approximate surface area is 102 Å². The molecule has 0 bridgehead atoms. The summed E-state index contributed by atoms with van der Waals surface area (Å²) in [5.74, 6) is 1.63. The van der Waals surface area contributed by atoms with Crippen LogP contribution in [0.25, 0.3) is 0 Å². The van der Waals surface area contributed by atoms with Gasteiger partial charge in [-0.05, 0) is 23.6 Å². The summed E-state index contributed by atoms with van der Waals surface area (Å²) in [7, 11) is 1.58. The Morgan fingerprint density at radius 3 is 2.47 bits per heavy atom. The predicted octanol–water partition coefficient (Wildman–Crippen LogP) is 1.55. The summed E-state index contributed by atoms with van der Waals surface area (Å²) >= 11 is 0. The molecule has 1 unspecified atom stereocenters. The Kier molecular flexibility index (Phi) is 5.25. The summed E-state index contributed by atoms with van der Waals surface area (Å²) in [6.07, 6.45) is -0.871. The van der Waals surface area contributed by atoms with Gasteiger partial charge in [0.1, 0.15) is 12.7 Å². The van der Waals surface area contributed by atoms with Crippen molar-refractivity contribution < 1.29 is 19.7 Å². The van der Waals surface area contributed by atoms with E-state index in [9.17, 15) is 5.11 Å². The van der Waals surface area contributed by atoms with E-state index in [2.05, 4.69) is 13.8 Å². The Bertz CT molecular complexity index is 349. The summed E-state index contributed by atoms with van der Waals surface area (Å²) in [5.41, 5.74) is 1.16. The molecule has 0 fully saturated rings. The SMILES string of the molecule is COc1cc(C(C)C)ccc1OCC(O)CO. The molecule has 0 aliphatic heterocycles. The average molecular weight is 240 g/mol. The maximum Gasteiger partial charge on any atom is 0.161 e. The first kappa shape index (κ1) is 13.8. The summed E-state index contributed by atoms with van der Waals surface area (Å²) < 4.78 is 10.6. The minimum Gasteiger partial charge on any atom is -0.493 e. The summed E-state index contributed by atoms with van der Waals surface area (Å²) in [5, 5.41) is 17.9. The fourth-order valence-corrected chi connectivity index (χ4v) is 1.40. The van der Waals surface area contributed by atoms with Gasteiger partial charge >= 0.3 is 0 Å². The number of hydrogen-bond donors (Lipinski definition) is 2. The second-order valence-corrected chi connectivity index (χ2v) is 4.21. The Balaban J connectivity index is 2.78. The lowest BCUT2D eigenvalue weighted by Crippen LogP contribution is -2.21. The molecule has 96 valence electrons. The number of benzene rings is 1. The highest BCUT2D eigenvalue weighted by Crippen LogP contribution is 2.30. The quantitative estimate of drug-likeness (QED) is 0.792. The van der Waals surface area contributed by atoms with Crippen LogP contribution in [-0.2, 0) is 0 Å². The van der Waals surface area contributed by atoms with Crippen molar-refractivity contribution in [2.24, 2.45) is 0 Å². The van der Waals surface area contributed by atoms with E-state index < -0.39 is 6.10 Å². The van der Waals surface area contributed by atoms with Crippen molar-refractivity contribution in [1.29, 1.82) is 0 Å². The standard InChI is InChI=1S/C13H20O4/c1-9(2)10-4-5-12(13(6-10)16-3)17-8-11(15)7-14/h4-6,9,11,14-15H,7-8H2,1-3H3. The van der Waals surface area contributed by atoms with Gasteiger partial charge in [-0.2, -0.15) is 0 Å². The van der Waals surface area contributed by atoms with Crippen molar-refractivity contribution in [3.8, 4) is 11.5 Å². The largest absolute Gasteiger partial charge is 0.493 e. The molecule has 1 atom stereocenters. The highest BCUT2D eigenvalue weighted by molar-refractivity contribution is 5.43. The maximum atomic E-state index is 9.21. The lowest BCUT2D eigenvalue weighted by molar-refractivity contribution is 0.0527. The number of ether oxygens (including phenoxy) is 2. The molecular weight excluding hydrogens is 220 g/mol. The molecular formula is C13H20O4. The van der Waals surface area contributed by atoms with Gasteiger partial charge in [0.05, 0.1) is 13.7 Å². The zero-order valence-electron chi connectivity index (χ0n) is 10.5. The van der Waals surface area contributed by atoms with E-state index in [1.165, 1.54) is 0 Å². The molecule has 0 aromatic heterocycles. The fraction of sp³-hybridized carbons (Fsp3) is 0.538. The van der Waals surface area contributed by atoms with E-state index in [-0.39, 0.29) is 13.2 Å². The lowest BCUT2D eigenvalue weighted by Gasteiger charge is -2.15. The molecule has 0 spiro atoms. The van der Waals surface area contributed by atoms with Crippen LogP contribution in [-0.4, -0.2) is 36.6 Å². The van der Waals surface area contributed by atoms with Gasteiger partial charge in [-0.25, -0.2) is 0 Å². The van der Waals surface area contributed by atoms with Gasteiger partial charge in [0.2, 0.25) is 0 Å². The molecule has 0 aliphatic rings. The van der Waals surface area contributed by atoms with Crippen LogP contribution in [0, 0.1) is 0 Å². The Morgan fingerprint density at radius 1 is 1.24 bits per heavy atom. The second-order valence-electron chi connectivity index (χ2n) is 4.21. The van der Waals surface area contributed by atoms with E-state index in [4.69, 9.17) is 14.6 Å². The van der Waals surface area contributed by atoms with Gasteiger partial charge in [-0.15, -0.1) is 0 Å². The molecule has 1 aromatic carbocycles.